The van der Waals surface area contributed by atoms with Crippen molar-refractivity contribution in [2.24, 2.45) is 0 Å². The van der Waals surface area contributed by atoms with E-state index in [9.17, 15) is 5.11 Å². The van der Waals surface area contributed by atoms with E-state index in [0.717, 1.165) is 66.6 Å². The highest BCUT2D eigenvalue weighted by atomic mass is 16.3. The van der Waals surface area contributed by atoms with Crippen molar-refractivity contribution >= 4 is 32.7 Å². The summed E-state index contributed by atoms with van der Waals surface area (Å²) in [6.07, 6.45) is 1.94. The molecule has 10 rings (SSSR count). The van der Waals surface area contributed by atoms with E-state index >= 15 is 0 Å². The van der Waals surface area contributed by atoms with E-state index in [0.29, 0.717) is 11.4 Å². The molecule has 0 aliphatic rings. The van der Waals surface area contributed by atoms with Crippen molar-refractivity contribution in [2.45, 2.75) is 78.6 Å². The largest absolute Gasteiger partial charge is 0.507 e. The normalized spacial score (nSPS) is 12.4. The SMILES string of the molecule is CC(C)(C)c1ccc(-n2c(-c3cc(C(C)(C)C)ccc3O)nc3c(-c4cccc(-c5cc(C(C)(C)C)cc6c(-c7ccccc7)ccnc56)c4)cc(-c4cccc5ccccc45)cc32)cc1. The molecule has 66 heavy (non-hydrogen) atoms. The van der Waals surface area contributed by atoms with Gasteiger partial charge in [-0.15, -0.1) is 0 Å². The van der Waals surface area contributed by atoms with Gasteiger partial charge in [-0.3, -0.25) is 9.55 Å². The molecule has 0 unspecified atom stereocenters. The van der Waals surface area contributed by atoms with Gasteiger partial charge < -0.3 is 5.11 Å². The van der Waals surface area contributed by atoms with Crippen molar-refractivity contribution in [3.05, 3.63) is 193 Å². The molecule has 10 aromatic rings. The monoisotopic (exact) mass is 859 g/mol. The third-order valence-electron chi connectivity index (χ3n) is 13.2. The van der Waals surface area contributed by atoms with Crippen LogP contribution in [0, 0.1) is 0 Å². The molecule has 0 aliphatic heterocycles. The van der Waals surface area contributed by atoms with Gasteiger partial charge in [-0.05, 0) is 138 Å². The fourth-order valence-electron chi connectivity index (χ4n) is 9.40. The minimum Gasteiger partial charge on any atom is -0.507 e. The lowest BCUT2D eigenvalue weighted by Gasteiger charge is -2.22. The zero-order chi connectivity index (χ0) is 46.1. The van der Waals surface area contributed by atoms with Gasteiger partial charge in [0.2, 0.25) is 0 Å². The number of imidazole rings is 1. The lowest BCUT2D eigenvalue weighted by molar-refractivity contribution is 0.475. The number of pyridine rings is 1. The molecule has 4 heteroatoms. The smallest absolute Gasteiger partial charge is 0.149 e. The van der Waals surface area contributed by atoms with Gasteiger partial charge in [-0.2, -0.15) is 0 Å². The van der Waals surface area contributed by atoms with Crippen LogP contribution in [0.25, 0.3) is 94.3 Å². The van der Waals surface area contributed by atoms with Gasteiger partial charge in [0.25, 0.3) is 0 Å². The molecule has 2 heterocycles. The third kappa shape index (κ3) is 7.75. The second-order valence-corrected chi connectivity index (χ2v) is 20.9. The van der Waals surface area contributed by atoms with Crippen molar-refractivity contribution in [3.8, 4) is 67.3 Å². The Kier molecular flexibility index (Phi) is 10.3. The molecule has 4 nitrogen and oxygen atoms in total. The average Bonchev–Trinajstić information content (AvgIpc) is 3.69. The van der Waals surface area contributed by atoms with Gasteiger partial charge in [0.05, 0.1) is 22.1 Å². The number of phenols is 1. The number of rotatable bonds is 6. The third-order valence-corrected chi connectivity index (χ3v) is 13.2. The molecule has 0 saturated carbocycles. The maximum atomic E-state index is 11.8. The molecular weight excluding hydrogens is 803 g/mol. The summed E-state index contributed by atoms with van der Waals surface area (Å²) in [6, 6.07) is 60.9. The molecule has 0 atom stereocenters. The highest BCUT2D eigenvalue weighted by Crippen LogP contribution is 2.44. The first kappa shape index (κ1) is 42.6. The molecule has 0 amide bonds. The summed E-state index contributed by atoms with van der Waals surface area (Å²) in [5.74, 6) is 0.878. The van der Waals surface area contributed by atoms with E-state index in [4.69, 9.17) is 9.97 Å². The molecule has 0 radical (unpaired) electrons. The Morgan fingerprint density at radius 2 is 1.00 bits per heavy atom. The van der Waals surface area contributed by atoms with Crippen LogP contribution in [0.3, 0.4) is 0 Å². The van der Waals surface area contributed by atoms with Crippen LogP contribution in [0.5, 0.6) is 5.75 Å². The number of fused-ring (bicyclic) bond motifs is 3. The maximum Gasteiger partial charge on any atom is 0.149 e. The standard InChI is InChI=1S/C62H57N3O/c1-60(2,3)44-25-28-47(29-26-44)65-55-35-43(49-24-16-20-40-19-13-14-23-48(40)49)34-51(58(55)64-59(65)54-36-45(61(4,5)6)27-30-56(54)66)41-21-15-22-42(33-41)52-37-46(62(7,8)9)38-53-50(31-32-63-57(52)53)39-17-11-10-12-18-39/h10-38,66H,1-9H3. The maximum absolute atomic E-state index is 11.8. The minimum atomic E-state index is -0.147. The molecule has 0 aliphatic carbocycles. The first-order valence-corrected chi connectivity index (χ1v) is 23.1. The Morgan fingerprint density at radius 3 is 1.71 bits per heavy atom. The fraction of sp³-hybridized carbons (Fsp3) is 0.194. The molecule has 0 fully saturated rings. The minimum absolute atomic E-state index is 0.0201. The summed E-state index contributed by atoms with van der Waals surface area (Å²) in [5, 5.41) is 15.3. The Balaban J connectivity index is 1.29. The van der Waals surface area contributed by atoms with Crippen molar-refractivity contribution in [1.82, 2.24) is 14.5 Å². The van der Waals surface area contributed by atoms with E-state index < -0.39 is 0 Å². The molecule has 2 aromatic heterocycles. The van der Waals surface area contributed by atoms with E-state index in [1.807, 2.05) is 18.3 Å². The average molecular weight is 860 g/mol. The summed E-state index contributed by atoms with van der Waals surface area (Å²) in [6.45, 7) is 20.2. The van der Waals surface area contributed by atoms with Gasteiger partial charge in [0, 0.05) is 28.4 Å². The zero-order valence-electron chi connectivity index (χ0n) is 39.5. The molecule has 0 spiro atoms. The molecule has 326 valence electrons. The lowest BCUT2D eigenvalue weighted by Crippen LogP contribution is -2.11. The fourth-order valence-corrected chi connectivity index (χ4v) is 9.40. The molecule has 8 aromatic carbocycles. The van der Waals surface area contributed by atoms with Gasteiger partial charge >= 0.3 is 0 Å². The van der Waals surface area contributed by atoms with Crippen molar-refractivity contribution < 1.29 is 5.11 Å². The van der Waals surface area contributed by atoms with Gasteiger partial charge in [-0.1, -0.05) is 172 Å². The van der Waals surface area contributed by atoms with Crippen molar-refractivity contribution in [1.29, 1.82) is 0 Å². The van der Waals surface area contributed by atoms with Gasteiger partial charge in [0.15, 0.2) is 0 Å². The number of aromatic hydroxyl groups is 1. The number of benzene rings is 8. The molecule has 1 N–H and O–H groups in total. The highest BCUT2D eigenvalue weighted by molar-refractivity contribution is 6.06. The summed E-state index contributed by atoms with van der Waals surface area (Å²) in [4.78, 5) is 10.7. The van der Waals surface area contributed by atoms with Gasteiger partial charge in [-0.25, -0.2) is 4.98 Å². The summed E-state index contributed by atoms with van der Waals surface area (Å²) in [5.41, 5.74) is 16.6. The summed E-state index contributed by atoms with van der Waals surface area (Å²) in [7, 11) is 0. The highest BCUT2D eigenvalue weighted by Gasteiger charge is 2.26. The van der Waals surface area contributed by atoms with E-state index in [2.05, 4.69) is 225 Å². The number of hydrogen-bond acceptors (Lipinski definition) is 3. The van der Waals surface area contributed by atoms with Crippen LogP contribution < -0.4 is 0 Å². The van der Waals surface area contributed by atoms with E-state index in [-0.39, 0.29) is 22.0 Å². The zero-order valence-corrected chi connectivity index (χ0v) is 39.5. The first-order valence-electron chi connectivity index (χ1n) is 23.1. The second kappa shape index (κ2) is 16.0. The molecule has 0 bridgehead atoms. The van der Waals surface area contributed by atoms with Crippen LogP contribution in [-0.4, -0.2) is 19.6 Å². The topological polar surface area (TPSA) is 50.9 Å². The number of nitrogens with zero attached hydrogens (tertiary/aromatic N) is 3. The summed E-state index contributed by atoms with van der Waals surface area (Å²) >= 11 is 0. The number of phenolic OH excluding ortho intramolecular Hbond substituents is 1. The van der Waals surface area contributed by atoms with Crippen LogP contribution in [0.15, 0.2) is 176 Å². The number of aromatic nitrogens is 3. The van der Waals surface area contributed by atoms with Crippen LogP contribution in [0.2, 0.25) is 0 Å². The first-order chi connectivity index (χ1) is 31.5. The van der Waals surface area contributed by atoms with Crippen LogP contribution >= 0.6 is 0 Å². The quantitative estimate of drug-likeness (QED) is 0.181. The second-order valence-electron chi connectivity index (χ2n) is 20.9. The predicted octanol–water partition coefficient (Wildman–Crippen LogP) is 16.7. The Hall–Kier alpha value is -7.30. The number of hydrogen-bond donors (Lipinski definition) is 1. The van der Waals surface area contributed by atoms with Crippen molar-refractivity contribution in [3.63, 3.8) is 0 Å². The van der Waals surface area contributed by atoms with E-state index in [1.54, 1.807) is 0 Å². The lowest BCUT2D eigenvalue weighted by atomic mass is 9.83. The van der Waals surface area contributed by atoms with Crippen LogP contribution in [-0.2, 0) is 16.2 Å². The Bertz CT molecular complexity index is 3460. The van der Waals surface area contributed by atoms with Gasteiger partial charge in [0.1, 0.15) is 11.6 Å². The molecular formula is C62H57N3O. The molecule has 0 saturated heterocycles. The van der Waals surface area contributed by atoms with Crippen LogP contribution in [0.1, 0.15) is 79.0 Å². The Labute approximate surface area is 389 Å². The Morgan fingerprint density at radius 1 is 0.409 bits per heavy atom. The van der Waals surface area contributed by atoms with Crippen molar-refractivity contribution in [2.75, 3.05) is 0 Å². The predicted molar refractivity (Wildman–Crippen MR) is 279 cm³/mol. The van der Waals surface area contributed by atoms with E-state index in [1.165, 1.54) is 33.0 Å². The summed E-state index contributed by atoms with van der Waals surface area (Å²) < 4.78 is 2.25. The van der Waals surface area contributed by atoms with Crippen LogP contribution in [0.4, 0.5) is 0 Å².